The molecule has 0 spiro atoms. The summed E-state index contributed by atoms with van der Waals surface area (Å²) in [4.78, 5) is 9.01. The summed E-state index contributed by atoms with van der Waals surface area (Å²) < 4.78 is 5.47. The van der Waals surface area contributed by atoms with Crippen molar-refractivity contribution in [3.05, 3.63) is 22.7 Å². The average Bonchev–Trinajstić information content (AvgIpc) is 2.89. The van der Waals surface area contributed by atoms with Gasteiger partial charge in [0.25, 0.3) is 0 Å². The van der Waals surface area contributed by atoms with Crippen molar-refractivity contribution in [3.63, 3.8) is 0 Å². The molecule has 4 heteroatoms. The third-order valence-corrected chi connectivity index (χ3v) is 3.82. The predicted octanol–water partition coefficient (Wildman–Crippen LogP) is 4.28. The fourth-order valence-electron chi connectivity index (χ4n) is 2.64. The van der Waals surface area contributed by atoms with E-state index in [1.165, 1.54) is 25.7 Å². The van der Waals surface area contributed by atoms with Gasteiger partial charge in [-0.15, -0.1) is 0 Å². The molecule has 1 atom stereocenters. The Morgan fingerprint density at radius 1 is 1.39 bits per heavy atom. The Labute approximate surface area is 114 Å². The highest BCUT2D eigenvalue weighted by Gasteiger charge is 2.21. The summed E-state index contributed by atoms with van der Waals surface area (Å²) in [5.41, 5.74) is 1.10. The van der Waals surface area contributed by atoms with Gasteiger partial charge < -0.3 is 4.74 Å². The number of hydrogen-bond acceptors (Lipinski definition) is 3. The molecule has 1 saturated carbocycles. The van der Waals surface area contributed by atoms with Crippen LogP contribution < -0.4 is 0 Å². The van der Waals surface area contributed by atoms with E-state index in [4.69, 9.17) is 16.3 Å². The van der Waals surface area contributed by atoms with Crippen LogP contribution in [0.25, 0.3) is 0 Å². The molecular formula is C14H21ClN2O. The molecule has 1 unspecified atom stereocenters. The monoisotopic (exact) mass is 268 g/mol. The topological polar surface area (TPSA) is 35.0 Å². The standard InChI is InChI=1S/C14H21ClN2O/c1-3-6-12(18-2)14-16-11(9-13(15)17-14)10-7-4-5-8-10/h9-10,12H,3-8H2,1-2H3. The smallest absolute Gasteiger partial charge is 0.159 e. The number of halogens is 1. The lowest BCUT2D eigenvalue weighted by molar-refractivity contribution is 0.0873. The summed E-state index contributed by atoms with van der Waals surface area (Å²) in [6.07, 6.45) is 6.98. The van der Waals surface area contributed by atoms with Crippen LogP contribution in [0.1, 0.15) is 69.0 Å². The van der Waals surface area contributed by atoms with E-state index in [0.29, 0.717) is 11.1 Å². The molecule has 1 fully saturated rings. The molecule has 0 radical (unpaired) electrons. The van der Waals surface area contributed by atoms with E-state index in [-0.39, 0.29) is 6.10 Å². The Bertz CT molecular complexity index is 391. The molecule has 100 valence electrons. The van der Waals surface area contributed by atoms with Crippen LogP contribution in [0.3, 0.4) is 0 Å². The first-order valence-electron chi connectivity index (χ1n) is 6.81. The molecule has 3 nitrogen and oxygen atoms in total. The molecule has 1 aliphatic carbocycles. The quantitative estimate of drug-likeness (QED) is 0.748. The maximum absolute atomic E-state index is 6.12. The predicted molar refractivity (Wildman–Crippen MR) is 72.9 cm³/mol. The van der Waals surface area contributed by atoms with Gasteiger partial charge in [-0.05, 0) is 25.3 Å². The molecular weight excluding hydrogens is 248 g/mol. The van der Waals surface area contributed by atoms with Gasteiger partial charge in [0.05, 0.1) is 0 Å². The summed E-state index contributed by atoms with van der Waals surface area (Å²) >= 11 is 6.12. The second kappa shape index (κ2) is 6.48. The zero-order valence-corrected chi connectivity index (χ0v) is 11.9. The van der Waals surface area contributed by atoms with Crippen LogP contribution >= 0.6 is 11.6 Å². The molecule has 0 aliphatic heterocycles. The number of ether oxygens (including phenoxy) is 1. The molecule has 1 aromatic heterocycles. The van der Waals surface area contributed by atoms with Crippen molar-refractivity contribution in [2.75, 3.05) is 7.11 Å². The van der Waals surface area contributed by atoms with Crippen LogP contribution in [0, 0.1) is 0 Å². The summed E-state index contributed by atoms with van der Waals surface area (Å²) in [7, 11) is 1.71. The van der Waals surface area contributed by atoms with Crippen molar-refractivity contribution in [2.24, 2.45) is 0 Å². The second-order valence-electron chi connectivity index (χ2n) is 4.97. The summed E-state index contributed by atoms with van der Waals surface area (Å²) in [5.74, 6) is 1.30. The normalized spacial score (nSPS) is 18.2. The SMILES string of the molecule is CCCC(OC)c1nc(Cl)cc(C2CCCC2)n1. The first-order chi connectivity index (χ1) is 8.74. The van der Waals surface area contributed by atoms with Gasteiger partial charge in [0.2, 0.25) is 0 Å². The maximum atomic E-state index is 6.12. The zero-order valence-electron chi connectivity index (χ0n) is 11.2. The van der Waals surface area contributed by atoms with E-state index < -0.39 is 0 Å². The highest BCUT2D eigenvalue weighted by molar-refractivity contribution is 6.29. The largest absolute Gasteiger partial charge is 0.373 e. The first-order valence-corrected chi connectivity index (χ1v) is 7.19. The summed E-state index contributed by atoms with van der Waals surface area (Å²) in [5, 5.41) is 0.542. The highest BCUT2D eigenvalue weighted by atomic mass is 35.5. The van der Waals surface area contributed by atoms with E-state index in [9.17, 15) is 0 Å². The van der Waals surface area contributed by atoms with Gasteiger partial charge in [-0.2, -0.15) is 0 Å². The van der Waals surface area contributed by atoms with E-state index in [1.54, 1.807) is 7.11 Å². The Hall–Kier alpha value is -0.670. The fourth-order valence-corrected chi connectivity index (χ4v) is 2.84. The van der Waals surface area contributed by atoms with Crippen LogP contribution in [-0.2, 0) is 4.74 Å². The van der Waals surface area contributed by atoms with Crippen LogP contribution in [-0.4, -0.2) is 17.1 Å². The lowest BCUT2D eigenvalue weighted by atomic mass is 10.0. The fraction of sp³-hybridized carbons (Fsp3) is 0.714. The van der Waals surface area contributed by atoms with E-state index in [2.05, 4.69) is 16.9 Å². The third-order valence-electron chi connectivity index (χ3n) is 3.63. The maximum Gasteiger partial charge on any atom is 0.159 e. The van der Waals surface area contributed by atoms with Gasteiger partial charge in [0, 0.05) is 18.7 Å². The molecule has 1 heterocycles. The number of methoxy groups -OCH3 is 1. The van der Waals surface area contributed by atoms with Crippen LogP contribution in [0.5, 0.6) is 0 Å². The van der Waals surface area contributed by atoms with Crippen LogP contribution in [0.4, 0.5) is 0 Å². The molecule has 0 aromatic carbocycles. The second-order valence-corrected chi connectivity index (χ2v) is 5.36. The molecule has 1 aliphatic rings. The Balaban J connectivity index is 2.24. The Morgan fingerprint density at radius 2 is 2.11 bits per heavy atom. The molecule has 0 bridgehead atoms. The number of aromatic nitrogens is 2. The molecule has 2 rings (SSSR count). The van der Waals surface area contributed by atoms with Crippen molar-refractivity contribution in [1.82, 2.24) is 9.97 Å². The van der Waals surface area contributed by atoms with Crippen molar-refractivity contribution in [2.45, 2.75) is 57.5 Å². The molecule has 0 amide bonds. The minimum Gasteiger partial charge on any atom is -0.373 e. The number of nitrogens with zero attached hydrogens (tertiary/aromatic N) is 2. The molecule has 18 heavy (non-hydrogen) atoms. The Morgan fingerprint density at radius 3 is 2.72 bits per heavy atom. The first kappa shape index (κ1) is 13.8. The van der Waals surface area contributed by atoms with E-state index in [0.717, 1.165) is 24.4 Å². The average molecular weight is 269 g/mol. The lowest BCUT2D eigenvalue weighted by Crippen LogP contribution is -2.10. The van der Waals surface area contributed by atoms with Gasteiger partial charge in [-0.25, -0.2) is 9.97 Å². The van der Waals surface area contributed by atoms with Crippen LogP contribution in [0.15, 0.2) is 6.07 Å². The molecule has 0 N–H and O–H groups in total. The van der Waals surface area contributed by atoms with Crippen molar-refractivity contribution >= 4 is 11.6 Å². The van der Waals surface area contributed by atoms with Crippen LogP contribution in [0.2, 0.25) is 5.15 Å². The summed E-state index contributed by atoms with van der Waals surface area (Å²) in [6, 6.07) is 1.92. The van der Waals surface area contributed by atoms with Gasteiger partial charge in [-0.1, -0.05) is 37.8 Å². The summed E-state index contributed by atoms with van der Waals surface area (Å²) in [6.45, 7) is 2.13. The van der Waals surface area contributed by atoms with Gasteiger partial charge in [-0.3, -0.25) is 0 Å². The Kier molecular flexibility index (Phi) is 4.95. The van der Waals surface area contributed by atoms with E-state index in [1.807, 2.05) is 6.07 Å². The van der Waals surface area contributed by atoms with Crippen molar-refractivity contribution < 1.29 is 4.74 Å². The third kappa shape index (κ3) is 3.21. The van der Waals surface area contributed by atoms with E-state index >= 15 is 0 Å². The van der Waals surface area contributed by atoms with Gasteiger partial charge >= 0.3 is 0 Å². The number of rotatable bonds is 5. The van der Waals surface area contributed by atoms with Crippen molar-refractivity contribution in [1.29, 1.82) is 0 Å². The zero-order chi connectivity index (χ0) is 13.0. The number of hydrogen-bond donors (Lipinski definition) is 0. The molecule has 0 saturated heterocycles. The van der Waals surface area contributed by atoms with Gasteiger partial charge in [0.15, 0.2) is 5.82 Å². The van der Waals surface area contributed by atoms with Crippen molar-refractivity contribution in [3.8, 4) is 0 Å². The molecule has 1 aromatic rings. The minimum atomic E-state index is -0.0335. The lowest BCUT2D eigenvalue weighted by Gasteiger charge is -2.16. The minimum absolute atomic E-state index is 0.0335. The van der Waals surface area contributed by atoms with Gasteiger partial charge in [0.1, 0.15) is 11.3 Å². The highest BCUT2D eigenvalue weighted by Crippen LogP contribution is 2.34.